The summed E-state index contributed by atoms with van der Waals surface area (Å²) in [5, 5.41) is 1.92. The van der Waals surface area contributed by atoms with E-state index in [2.05, 4.69) is 16.5 Å². The van der Waals surface area contributed by atoms with Gasteiger partial charge in [0.2, 0.25) is 0 Å². The van der Waals surface area contributed by atoms with E-state index < -0.39 is 0 Å². The number of rotatable bonds is 7. The Balaban J connectivity index is 1.98. The number of aryl methyl sites for hydroxylation is 2. The first kappa shape index (κ1) is 18.5. The molecule has 0 fully saturated rings. The quantitative estimate of drug-likeness (QED) is 0.449. The van der Waals surface area contributed by atoms with Crippen molar-refractivity contribution in [2.24, 2.45) is 0 Å². The number of thioether (sulfide) groups is 1. The molecule has 3 aromatic rings. The van der Waals surface area contributed by atoms with Crippen molar-refractivity contribution in [3.8, 4) is 0 Å². The van der Waals surface area contributed by atoms with Gasteiger partial charge in [-0.05, 0) is 31.9 Å². The molecule has 0 aliphatic rings. The molecule has 0 bridgehead atoms. The molecular formula is C20H23N3O2S. The lowest BCUT2D eigenvalue weighted by Gasteiger charge is -2.14. The molecule has 2 aromatic heterocycles. The smallest absolute Gasteiger partial charge is 0.340 e. The molecule has 0 radical (unpaired) electrons. The minimum atomic E-state index is -0.309. The molecule has 2 heterocycles. The summed E-state index contributed by atoms with van der Waals surface area (Å²) in [7, 11) is 0. The molecule has 1 aromatic carbocycles. The van der Waals surface area contributed by atoms with E-state index in [4.69, 9.17) is 9.72 Å². The van der Waals surface area contributed by atoms with E-state index in [1.165, 1.54) is 0 Å². The number of imidazole rings is 1. The number of carbonyl (C=O) groups excluding carboxylic acids is 1. The molecule has 0 aliphatic carbocycles. The number of hydrogen-bond donors (Lipinski definition) is 0. The van der Waals surface area contributed by atoms with Crippen LogP contribution in [0.4, 0.5) is 0 Å². The van der Waals surface area contributed by atoms with Crippen LogP contribution in [-0.2, 0) is 17.0 Å². The van der Waals surface area contributed by atoms with Crippen molar-refractivity contribution >= 4 is 28.6 Å². The van der Waals surface area contributed by atoms with E-state index in [1.54, 1.807) is 11.8 Å². The number of para-hydroxylation sites is 1. The summed E-state index contributed by atoms with van der Waals surface area (Å²) in [6.07, 6.45) is 4.84. The molecule has 0 aliphatic heterocycles. The third kappa shape index (κ3) is 3.75. The van der Waals surface area contributed by atoms with Gasteiger partial charge in [0, 0.05) is 30.1 Å². The van der Waals surface area contributed by atoms with Gasteiger partial charge in [-0.3, -0.25) is 4.98 Å². The maximum Gasteiger partial charge on any atom is 0.340 e. The van der Waals surface area contributed by atoms with Crippen LogP contribution in [0.25, 0.3) is 10.9 Å². The van der Waals surface area contributed by atoms with Crippen LogP contribution in [0.5, 0.6) is 0 Å². The zero-order valence-corrected chi connectivity index (χ0v) is 16.2. The molecule has 0 saturated carbocycles. The minimum absolute atomic E-state index is 0.309. The Morgan fingerprint density at radius 1 is 1.27 bits per heavy atom. The molecule has 3 rings (SSSR count). The van der Waals surface area contributed by atoms with Crippen LogP contribution < -0.4 is 0 Å². The average Bonchev–Trinajstić information content (AvgIpc) is 3.08. The molecule has 0 saturated heterocycles. The lowest BCUT2D eigenvalue weighted by molar-refractivity contribution is 0.0524. The number of fused-ring (bicyclic) bond motifs is 1. The van der Waals surface area contributed by atoms with Crippen molar-refractivity contribution in [2.45, 2.75) is 44.6 Å². The van der Waals surface area contributed by atoms with Gasteiger partial charge in [-0.2, -0.15) is 0 Å². The van der Waals surface area contributed by atoms with Gasteiger partial charge in [0.25, 0.3) is 0 Å². The molecule has 5 nitrogen and oxygen atoms in total. The Kier molecular flexibility index (Phi) is 5.93. The van der Waals surface area contributed by atoms with Gasteiger partial charge in [0.05, 0.1) is 23.4 Å². The fourth-order valence-corrected chi connectivity index (χ4v) is 3.93. The van der Waals surface area contributed by atoms with Crippen molar-refractivity contribution in [3.05, 3.63) is 53.5 Å². The third-order valence-electron chi connectivity index (χ3n) is 4.19. The molecular weight excluding hydrogens is 346 g/mol. The third-order valence-corrected chi connectivity index (χ3v) is 5.20. The fraction of sp³-hybridized carbons (Fsp3) is 0.350. The number of nitrogens with zero attached hydrogens (tertiary/aromatic N) is 3. The van der Waals surface area contributed by atoms with E-state index in [9.17, 15) is 4.79 Å². The fourth-order valence-electron chi connectivity index (χ4n) is 3.00. The summed E-state index contributed by atoms with van der Waals surface area (Å²) < 4.78 is 7.42. The van der Waals surface area contributed by atoms with Gasteiger partial charge in [-0.25, -0.2) is 9.78 Å². The van der Waals surface area contributed by atoms with Crippen molar-refractivity contribution in [2.75, 3.05) is 6.61 Å². The van der Waals surface area contributed by atoms with Crippen LogP contribution in [-0.4, -0.2) is 27.1 Å². The van der Waals surface area contributed by atoms with E-state index in [-0.39, 0.29) is 5.97 Å². The van der Waals surface area contributed by atoms with Crippen LogP contribution in [0.3, 0.4) is 0 Å². The molecule has 0 unspecified atom stereocenters. The molecule has 26 heavy (non-hydrogen) atoms. The number of carbonyl (C=O) groups is 1. The highest BCUT2D eigenvalue weighted by Gasteiger charge is 2.20. The van der Waals surface area contributed by atoms with Crippen LogP contribution in [0.15, 0.2) is 41.8 Å². The zero-order valence-electron chi connectivity index (χ0n) is 15.4. The SMILES string of the molecule is CCCn1ccnc1SCc1nc2ccccc2c(C)c1C(=O)OCC. The van der Waals surface area contributed by atoms with Crippen molar-refractivity contribution in [3.63, 3.8) is 0 Å². The van der Waals surface area contributed by atoms with E-state index in [1.807, 2.05) is 50.5 Å². The second kappa shape index (κ2) is 8.36. The van der Waals surface area contributed by atoms with Crippen molar-refractivity contribution < 1.29 is 9.53 Å². The maximum atomic E-state index is 12.6. The van der Waals surface area contributed by atoms with E-state index in [0.717, 1.165) is 40.3 Å². The molecule has 0 N–H and O–H groups in total. The number of esters is 1. The summed E-state index contributed by atoms with van der Waals surface area (Å²) in [5.41, 5.74) is 3.13. The molecule has 6 heteroatoms. The molecule has 0 atom stereocenters. The second-order valence-corrected chi connectivity index (χ2v) is 6.93. The average molecular weight is 369 g/mol. The summed E-state index contributed by atoms with van der Waals surface area (Å²) in [4.78, 5) is 21.8. The Morgan fingerprint density at radius 2 is 2.08 bits per heavy atom. The van der Waals surface area contributed by atoms with Gasteiger partial charge in [0.15, 0.2) is 5.16 Å². The Morgan fingerprint density at radius 3 is 2.85 bits per heavy atom. The number of aromatic nitrogens is 3. The van der Waals surface area contributed by atoms with Gasteiger partial charge in [-0.1, -0.05) is 36.9 Å². The zero-order chi connectivity index (χ0) is 18.5. The predicted molar refractivity (Wildman–Crippen MR) is 105 cm³/mol. The predicted octanol–water partition coefficient (Wildman–Crippen LogP) is 4.62. The van der Waals surface area contributed by atoms with Gasteiger partial charge in [-0.15, -0.1) is 0 Å². The Bertz CT molecular complexity index is 921. The van der Waals surface area contributed by atoms with Crippen molar-refractivity contribution in [1.82, 2.24) is 14.5 Å². The van der Waals surface area contributed by atoms with E-state index in [0.29, 0.717) is 17.9 Å². The van der Waals surface area contributed by atoms with E-state index >= 15 is 0 Å². The number of hydrogen-bond acceptors (Lipinski definition) is 5. The Hall–Kier alpha value is -2.34. The number of benzene rings is 1. The molecule has 0 spiro atoms. The van der Waals surface area contributed by atoms with Gasteiger partial charge >= 0.3 is 5.97 Å². The summed E-state index contributed by atoms with van der Waals surface area (Å²) >= 11 is 1.60. The summed E-state index contributed by atoms with van der Waals surface area (Å²) in [6.45, 7) is 7.19. The first-order valence-corrected chi connectivity index (χ1v) is 9.83. The topological polar surface area (TPSA) is 57.0 Å². The largest absolute Gasteiger partial charge is 0.462 e. The van der Waals surface area contributed by atoms with Crippen LogP contribution >= 0.6 is 11.8 Å². The highest BCUT2D eigenvalue weighted by molar-refractivity contribution is 7.98. The lowest BCUT2D eigenvalue weighted by Crippen LogP contribution is -2.12. The van der Waals surface area contributed by atoms with Crippen molar-refractivity contribution in [1.29, 1.82) is 0 Å². The van der Waals surface area contributed by atoms with Crippen LogP contribution in [0, 0.1) is 6.92 Å². The molecule has 136 valence electrons. The summed E-state index contributed by atoms with van der Waals surface area (Å²) in [6, 6.07) is 7.89. The number of ether oxygens (including phenoxy) is 1. The standard InChI is InChI=1S/C20H23N3O2S/c1-4-11-23-12-10-21-20(23)26-13-17-18(19(24)25-5-2)14(3)15-8-6-7-9-16(15)22-17/h6-10,12H,4-5,11,13H2,1-3H3. The van der Waals surface area contributed by atoms with Crippen LogP contribution in [0.1, 0.15) is 41.9 Å². The minimum Gasteiger partial charge on any atom is -0.462 e. The number of pyridine rings is 1. The second-order valence-electron chi connectivity index (χ2n) is 5.99. The normalized spacial score (nSPS) is 11.0. The first-order chi connectivity index (χ1) is 12.7. The monoisotopic (exact) mass is 369 g/mol. The maximum absolute atomic E-state index is 12.6. The highest BCUT2D eigenvalue weighted by atomic mass is 32.2. The van der Waals surface area contributed by atoms with Crippen LogP contribution in [0.2, 0.25) is 0 Å². The highest BCUT2D eigenvalue weighted by Crippen LogP contribution is 2.28. The molecule has 0 amide bonds. The lowest BCUT2D eigenvalue weighted by atomic mass is 10.0. The van der Waals surface area contributed by atoms with Gasteiger partial charge < -0.3 is 9.30 Å². The Labute approximate surface area is 157 Å². The first-order valence-electron chi connectivity index (χ1n) is 8.85. The summed E-state index contributed by atoms with van der Waals surface area (Å²) in [5.74, 6) is 0.261. The van der Waals surface area contributed by atoms with Gasteiger partial charge in [0.1, 0.15) is 0 Å².